The van der Waals surface area contributed by atoms with Crippen LogP contribution in [0.15, 0.2) is 36.1 Å². The number of carbonyl (C=O) groups is 1. The lowest BCUT2D eigenvalue weighted by Crippen LogP contribution is -2.07. The molecule has 2 heteroatoms. The summed E-state index contributed by atoms with van der Waals surface area (Å²) in [6, 6.07) is 0. The maximum atomic E-state index is 10.0. The number of amides is 1. The maximum Gasteiger partial charge on any atom is 0.211 e. The third kappa shape index (κ3) is 5.15. The fraction of sp³-hybridized carbons (Fsp3) is 0.222. The predicted molar refractivity (Wildman–Crippen MR) is 46.9 cm³/mol. The summed E-state index contributed by atoms with van der Waals surface area (Å²) in [5.74, 6) is 0. The van der Waals surface area contributed by atoms with E-state index in [1.807, 2.05) is 44.2 Å². The topological polar surface area (TPSA) is 29.1 Å². The number of allylic oxidation sites excluding steroid dienone is 5. The molecule has 0 aliphatic carbocycles. The van der Waals surface area contributed by atoms with Crippen LogP contribution in [0.1, 0.15) is 13.8 Å². The quantitative estimate of drug-likeness (QED) is 0.481. The van der Waals surface area contributed by atoms with Crippen LogP contribution in [0.4, 0.5) is 0 Å². The van der Waals surface area contributed by atoms with Gasteiger partial charge in [-0.1, -0.05) is 24.3 Å². The first-order valence-electron chi connectivity index (χ1n) is 3.51. The Morgan fingerprint density at radius 3 is 2.45 bits per heavy atom. The molecule has 0 atom stereocenters. The molecule has 0 fully saturated rings. The Balaban J connectivity index is 3.97. The smallest absolute Gasteiger partial charge is 0.211 e. The lowest BCUT2D eigenvalue weighted by atomic mass is 10.3. The molecule has 0 saturated heterocycles. The summed E-state index contributed by atoms with van der Waals surface area (Å²) >= 11 is 0. The number of carbonyl (C=O) groups excluding carboxylic acids is 1. The van der Waals surface area contributed by atoms with E-state index in [-0.39, 0.29) is 0 Å². The predicted octanol–water partition coefficient (Wildman–Crippen LogP) is 1.77. The Hall–Kier alpha value is -1.31. The van der Waals surface area contributed by atoms with E-state index in [0.29, 0.717) is 6.41 Å². The molecule has 0 bridgehead atoms. The molecule has 2 nitrogen and oxygen atoms in total. The van der Waals surface area contributed by atoms with Crippen LogP contribution in [-0.2, 0) is 4.79 Å². The first-order valence-corrected chi connectivity index (χ1v) is 3.51. The van der Waals surface area contributed by atoms with E-state index >= 15 is 0 Å². The molecule has 0 aromatic carbocycles. The van der Waals surface area contributed by atoms with Crippen molar-refractivity contribution in [2.45, 2.75) is 13.8 Å². The fourth-order valence-electron chi connectivity index (χ4n) is 0.566. The summed E-state index contributed by atoms with van der Waals surface area (Å²) in [6.07, 6.45) is 10.0. The van der Waals surface area contributed by atoms with E-state index in [1.54, 1.807) is 0 Å². The summed E-state index contributed by atoms with van der Waals surface area (Å²) in [5, 5.41) is 2.55. The summed E-state index contributed by atoms with van der Waals surface area (Å²) in [6.45, 7) is 3.80. The minimum atomic E-state index is 0.662. The molecular weight excluding hydrogens is 138 g/mol. The third-order valence-electron chi connectivity index (χ3n) is 1.12. The van der Waals surface area contributed by atoms with Gasteiger partial charge < -0.3 is 5.32 Å². The van der Waals surface area contributed by atoms with Gasteiger partial charge in [-0.05, 0) is 19.9 Å². The number of hydrogen-bond acceptors (Lipinski definition) is 1. The Morgan fingerprint density at radius 2 is 2.00 bits per heavy atom. The zero-order valence-corrected chi connectivity index (χ0v) is 6.87. The molecule has 1 amide bonds. The first kappa shape index (κ1) is 9.69. The molecule has 11 heavy (non-hydrogen) atoms. The van der Waals surface area contributed by atoms with E-state index in [9.17, 15) is 4.79 Å². The van der Waals surface area contributed by atoms with Gasteiger partial charge in [0.1, 0.15) is 0 Å². The Morgan fingerprint density at radius 1 is 1.27 bits per heavy atom. The standard InChI is InChI=1S/C9H13NO/c1-3-5-6-7-9(4-2)10-8-11/h3-8H,1-2H3,(H,10,11)/b5-3-,7-6-,9-4+. The monoisotopic (exact) mass is 151 g/mol. The van der Waals surface area contributed by atoms with E-state index in [4.69, 9.17) is 0 Å². The molecule has 0 spiro atoms. The van der Waals surface area contributed by atoms with Gasteiger partial charge >= 0.3 is 0 Å². The second-order valence-electron chi connectivity index (χ2n) is 1.89. The largest absolute Gasteiger partial charge is 0.329 e. The zero-order valence-electron chi connectivity index (χ0n) is 6.87. The van der Waals surface area contributed by atoms with Crippen LogP contribution in [0.25, 0.3) is 0 Å². The molecule has 0 aromatic heterocycles. The highest BCUT2D eigenvalue weighted by molar-refractivity contribution is 5.51. The van der Waals surface area contributed by atoms with Crippen molar-refractivity contribution < 1.29 is 4.79 Å². The van der Waals surface area contributed by atoms with Crippen LogP contribution >= 0.6 is 0 Å². The van der Waals surface area contributed by atoms with Gasteiger partial charge in [0.2, 0.25) is 6.41 Å². The molecule has 0 aliphatic rings. The lowest BCUT2D eigenvalue weighted by Gasteiger charge is -1.94. The van der Waals surface area contributed by atoms with Crippen molar-refractivity contribution in [3.8, 4) is 0 Å². The normalized spacial score (nSPS) is 12.7. The maximum absolute atomic E-state index is 10.0. The molecule has 1 N–H and O–H groups in total. The van der Waals surface area contributed by atoms with Gasteiger partial charge in [-0.2, -0.15) is 0 Å². The second kappa shape index (κ2) is 6.81. The molecule has 0 aromatic rings. The minimum absolute atomic E-state index is 0.662. The van der Waals surface area contributed by atoms with Crippen molar-refractivity contribution in [3.63, 3.8) is 0 Å². The minimum Gasteiger partial charge on any atom is -0.329 e. The van der Waals surface area contributed by atoms with E-state index in [2.05, 4.69) is 5.32 Å². The van der Waals surface area contributed by atoms with Gasteiger partial charge in [-0.3, -0.25) is 4.79 Å². The van der Waals surface area contributed by atoms with E-state index in [0.717, 1.165) is 5.70 Å². The number of hydrogen-bond donors (Lipinski definition) is 1. The average molecular weight is 151 g/mol. The Kier molecular flexibility index (Phi) is 5.99. The van der Waals surface area contributed by atoms with Crippen molar-refractivity contribution >= 4 is 6.41 Å². The van der Waals surface area contributed by atoms with Crippen LogP contribution < -0.4 is 5.32 Å². The second-order valence-corrected chi connectivity index (χ2v) is 1.89. The first-order chi connectivity index (χ1) is 5.35. The van der Waals surface area contributed by atoms with E-state index < -0.39 is 0 Å². The molecule has 60 valence electrons. The van der Waals surface area contributed by atoms with Gasteiger partial charge in [0.05, 0.1) is 0 Å². The fourth-order valence-corrected chi connectivity index (χ4v) is 0.566. The summed E-state index contributed by atoms with van der Waals surface area (Å²) in [4.78, 5) is 10.0. The van der Waals surface area contributed by atoms with Gasteiger partial charge in [0.15, 0.2) is 0 Å². The van der Waals surface area contributed by atoms with Crippen molar-refractivity contribution in [1.82, 2.24) is 5.32 Å². The zero-order chi connectivity index (χ0) is 8.53. The van der Waals surface area contributed by atoms with Crippen molar-refractivity contribution in [3.05, 3.63) is 36.1 Å². The highest BCUT2D eigenvalue weighted by Crippen LogP contribution is 1.89. The van der Waals surface area contributed by atoms with Crippen LogP contribution in [0, 0.1) is 0 Å². The highest BCUT2D eigenvalue weighted by atomic mass is 16.1. The average Bonchev–Trinajstić information content (AvgIpc) is 2.03. The Labute approximate surface area is 67.3 Å². The van der Waals surface area contributed by atoms with Gasteiger partial charge in [-0.25, -0.2) is 0 Å². The molecule has 0 unspecified atom stereocenters. The number of rotatable bonds is 4. The van der Waals surface area contributed by atoms with Crippen molar-refractivity contribution in [2.24, 2.45) is 0 Å². The molecule has 0 heterocycles. The van der Waals surface area contributed by atoms with Crippen LogP contribution in [0.5, 0.6) is 0 Å². The molecular formula is C9H13NO. The molecule has 0 aliphatic heterocycles. The molecule has 0 rings (SSSR count). The number of nitrogens with one attached hydrogen (secondary N) is 1. The van der Waals surface area contributed by atoms with Gasteiger partial charge in [0, 0.05) is 5.70 Å². The SMILES string of the molecule is C\C=C/C=C\C(=C/C)NC=O. The van der Waals surface area contributed by atoms with Crippen LogP contribution in [0.3, 0.4) is 0 Å². The van der Waals surface area contributed by atoms with Crippen LogP contribution in [0.2, 0.25) is 0 Å². The van der Waals surface area contributed by atoms with Gasteiger partial charge in [0.25, 0.3) is 0 Å². The van der Waals surface area contributed by atoms with Crippen LogP contribution in [-0.4, -0.2) is 6.41 Å². The summed E-state index contributed by atoms with van der Waals surface area (Å²) in [5.41, 5.74) is 0.804. The van der Waals surface area contributed by atoms with Crippen molar-refractivity contribution in [1.29, 1.82) is 0 Å². The molecule has 0 saturated carbocycles. The van der Waals surface area contributed by atoms with E-state index in [1.165, 1.54) is 0 Å². The third-order valence-corrected chi connectivity index (χ3v) is 1.12. The Bertz CT molecular complexity index is 190. The molecule has 0 radical (unpaired) electrons. The lowest BCUT2D eigenvalue weighted by molar-refractivity contribution is -0.108. The summed E-state index contributed by atoms with van der Waals surface area (Å²) < 4.78 is 0. The van der Waals surface area contributed by atoms with Gasteiger partial charge in [-0.15, -0.1) is 0 Å². The summed E-state index contributed by atoms with van der Waals surface area (Å²) in [7, 11) is 0. The highest BCUT2D eigenvalue weighted by Gasteiger charge is 1.82. The van der Waals surface area contributed by atoms with Crippen molar-refractivity contribution in [2.75, 3.05) is 0 Å².